The summed E-state index contributed by atoms with van der Waals surface area (Å²) in [5.74, 6) is -0.479. The molecule has 35 heavy (non-hydrogen) atoms. The van der Waals surface area contributed by atoms with E-state index < -0.39 is 11.6 Å². The Morgan fingerprint density at radius 2 is 1.80 bits per heavy atom. The number of benzene rings is 2. The van der Waals surface area contributed by atoms with Gasteiger partial charge in [0.15, 0.2) is 5.60 Å². The van der Waals surface area contributed by atoms with Crippen LogP contribution in [-0.2, 0) is 16.0 Å². The molecule has 0 saturated carbocycles. The third-order valence-electron chi connectivity index (χ3n) is 6.29. The molecular weight excluding hydrogens is 464 g/mol. The van der Waals surface area contributed by atoms with Crippen LogP contribution in [0.1, 0.15) is 70.5 Å². The molecule has 1 saturated heterocycles. The van der Waals surface area contributed by atoms with E-state index in [0.29, 0.717) is 5.92 Å². The number of nitrogens with one attached hydrogen (secondary N) is 1. The van der Waals surface area contributed by atoms with Gasteiger partial charge in [0, 0.05) is 18.8 Å². The van der Waals surface area contributed by atoms with E-state index in [1.807, 2.05) is 6.07 Å². The van der Waals surface area contributed by atoms with E-state index in [2.05, 4.69) is 42.3 Å². The van der Waals surface area contributed by atoms with Gasteiger partial charge in [-0.25, -0.2) is 4.79 Å². The summed E-state index contributed by atoms with van der Waals surface area (Å²) in [6.07, 6.45) is 4.67. The van der Waals surface area contributed by atoms with Crippen LogP contribution in [-0.4, -0.2) is 35.7 Å². The molecule has 1 unspecified atom stereocenters. The number of anilines is 1. The fourth-order valence-corrected chi connectivity index (χ4v) is 4.67. The number of rotatable bonds is 10. The van der Waals surface area contributed by atoms with Crippen LogP contribution in [0.3, 0.4) is 0 Å². The lowest BCUT2D eigenvalue weighted by Gasteiger charge is -2.33. The Morgan fingerprint density at radius 3 is 2.43 bits per heavy atom. The summed E-state index contributed by atoms with van der Waals surface area (Å²) in [6.45, 7) is 9.35. The van der Waals surface area contributed by atoms with Crippen LogP contribution >= 0.6 is 11.6 Å². The Balaban J connectivity index is 1.74. The van der Waals surface area contributed by atoms with Crippen LogP contribution in [0.4, 0.5) is 5.69 Å². The van der Waals surface area contributed by atoms with Crippen LogP contribution in [0.5, 0.6) is 5.75 Å². The molecule has 1 aliphatic rings. The standard InChI is InChI=1S/C28H37ClN2O4/c1-19(2)16-23(21-10-6-7-11-24(21)31-14-8-5-9-15-31)30-26(32)18-20-12-13-25(22(29)17-20)35-28(3,4)27(33)34/h6-7,10-13,17,19,23H,5,8-9,14-16,18H2,1-4H3,(H,30,32)(H,33,34). The van der Waals surface area contributed by atoms with Gasteiger partial charge in [0.05, 0.1) is 17.5 Å². The van der Waals surface area contributed by atoms with Gasteiger partial charge in [-0.1, -0.05) is 49.7 Å². The predicted molar refractivity (Wildman–Crippen MR) is 140 cm³/mol. The highest BCUT2D eigenvalue weighted by Crippen LogP contribution is 2.33. The molecule has 0 aromatic heterocycles. The predicted octanol–water partition coefficient (Wildman–Crippen LogP) is 6.02. The molecule has 6 nitrogen and oxygen atoms in total. The number of carboxylic acid groups (broad SMARTS) is 1. The lowest BCUT2D eigenvalue weighted by Crippen LogP contribution is -2.38. The third kappa shape index (κ3) is 7.38. The van der Waals surface area contributed by atoms with Gasteiger partial charge in [-0.3, -0.25) is 4.79 Å². The molecule has 2 N–H and O–H groups in total. The highest BCUT2D eigenvalue weighted by molar-refractivity contribution is 6.32. The van der Waals surface area contributed by atoms with Gasteiger partial charge in [0.2, 0.25) is 5.91 Å². The molecule has 1 amide bonds. The smallest absolute Gasteiger partial charge is 0.347 e. The Bertz CT molecular complexity index is 1030. The molecule has 2 aromatic rings. The second kappa shape index (κ2) is 11.8. The lowest BCUT2D eigenvalue weighted by atomic mass is 9.94. The molecule has 7 heteroatoms. The number of piperidine rings is 1. The second-order valence-corrected chi connectivity index (χ2v) is 10.6. The molecule has 1 heterocycles. The van der Waals surface area contributed by atoms with E-state index in [0.717, 1.165) is 30.6 Å². The van der Waals surface area contributed by atoms with Crippen molar-refractivity contribution in [3.8, 4) is 5.75 Å². The number of aliphatic carboxylic acids is 1. The minimum Gasteiger partial charge on any atom is -0.478 e. The highest BCUT2D eigenvalue weighted by atomic mass is 35.5. The zero-order valence-corrected chi connectivity index (χ0v) is 21.9. The van der Waals surface area contributed by atoms with E-state index in [-0.39, 0.29) is 29.1 Å². The van der Waals surface area contributed by atoms with Gasteiger partial charge >= 0.3 is 5.97 Å². The molecule has 2 aromatic carbocycles. The summed E-state index contributed by atoms with van der Waals surface area (Å²) in [4.78, 5) is 26.9. The number of para-hydroxylation sites is 1. The zero-order chi connectivity index (χ0) is 25.6. The van der Waals surface area contributed by atoms with Crippen molar-refractivity contribution in [1.82, 2.24) is 5.32 Å². The van der Waals surface area contributed by atoms with Crippen molar-refractivity contribution >= 4 is 29.2 Å². The van der Waals surface area contributed by atoms with Crippen molar-refractivity contribution in [3.63, 3.8) is 0 Å². The summed E-state index contributed by atoms with van der Waals surface area (Å²) < 4.78 is 5.55. The first-order chi connectivity index (χ1) is 16.6. The van der Waals surface area contributed by atoms with Gasteiger partial charge in [-0.05, 0) is 74.8 Å². The van der Waals surface area contributed by atoms with E-state index >= 15 is 0 Å². The number of ether oxygens (including phenoxy) is 1. The number of hydrogen-bond acceptors (Lipinski definition) is 4. The summed E-state index contributed by atoms with van der Waals surface area (Å²) >= 11 is 6.35. The highest BCUT2D eigenvalue weighted by Gasteiger charge is 2.30. The van der Waals surface area contributed by atoms with E-state index in [4.69, 9.17) is 16.3 Å². The second-order valence-electron chi connectivity index (χ2n) is 10.2. The van der Waals surface area contributed by atoms with Crippen molar-refractivity contribution in [1.29, 1.82) is 0 Å². The van der Waals surface area contributed by atoms with Crippen LogP contribution in [0, 0.1) is 5.92 Å². The number of halogens is 1. The first-order valence-corrected chi connectivity index (χ1v) is 12.8. The molecule has 190 valence electrons. The molecule has 1 fully saturated rings. The van der Waals surface area contributed by atoms with Gasteiger partial charge in [0.1, 0.15) is 5.75 Å². The average Bonchev–Trinajstić information content (AvgIpc) is 2.80. The maximum atomic E-state index is 13.1. The summed E-state index contributed by atoms with van der Waals surface area (Å²) in [6, 6.07) is 13.3. The molecule has 3 rings (SSSR count). The van der Waals surface area contributed by atoms with E-state index in [9.17, 15) is 14.7 Å². The third-order valence-corrected chi connectivity index (χ3v) is 6.59. The Morgan fingerprint density at radius 1 is 1.11 bits per heavy atom. The topological polar surface area (TPSA) is 78.9 Å². The Labute approximate surface area is 213 Å². The fourth-order valence-electron chi connectivity index (χ4n) is 4.43. The Kier molecular flexibility index (Phi) is 9.06. The molecule has 0 aliphatic carbocycles. The minimum absolute atomic E-state index is 0.0836. The molecule has 0 radical (unpaired) electrons. The van der Waals surface area contributed by atoms with Crippen molar-refractivity contribution in [3.05, 3.63) is 58.6 Å². The quantitative estimate of drug-likeness (QED) is 0.417. The number of amides is 1. The molecule has 0 bridgehead atoms. The van der Waals surface area contributed by atoms with Crippen LogP contribution < -0.4 is 15.0 Å². The maximum absolute atomic E-state index is 13.1. The average molecular weight is 501 g/mol. The van der Waals surface area contributed by atoms with Crippen molar-refractivity contribution < 1.29 is 19.4 Å². The van der Waals surface area contributed by atoms with Crippen LogP contribution in [0.2, 0.25) is 5.02 Å². The summed E-state index contributed by atoms with van der Waals surface area (Å²) in [5.41, 5.74) is 1.70. The van der Waals surface area contributed by atoms with Gasteiger partial charge < -0.3 is 20.1 Å². The SMILES string of the molecule is CC(C)CC(NC(=O)Cc1ccc(OC(C)(C)C(=O)O)c(Cl)c1)c1ccccc1N1CCCCC1. The van der Waals surface area contributed by atoms with Crippen molar-refractivity contribution in [2.45, 2.75) is 71.4 Å². The summed E-state index contributed by atoms with van der Waals surface area (Å²) in [5, 5.41) is 12.8. The van der Waals surface area contributed by atoms with Gasteiger partial charge in [-0.15, -0.1) is 0 Å². The lowest BCUT2D eigenvalue weighted by molar-refractivity contribution is -0.152. The monoisotopic (exact) mass is 500 g/mol. The number of hydrogen-bond donors (Lipinski definition) is 2. The van der Waals surface area contributed by atoms with Crippen molar-refractivity contribution in [2.75, 3.05) is 18.0 Å². The zero-order valence-electron chi connectivity index (χ0n) is 21.1. The molecular formula is C28H37ClN2O4. The summed E-state index contributed by atoms with van der Waals surface area (Å²) in [7, 11) is 0. The van der Waals surface area contributed by atoms with E-state index in [1.165, 1.54) is 38.8 Å². The largest absolute Gasteiger partial charge is 0.478 e. The van der Waals surface area contributed by atoms with Crippen LogP contribution in [0.25, 0.3) is 0 Å². The van der Waals surface area contributed by atoms with Gasteiger partial charge in [-0.2, -0.15) is 0 Å². The van der Waals surface area contributed by atoms with Gasteiger partial charge in [0.25, 0.3) is 0 Å². The first-order valence-electron chi connectivity index (χ1n) is 12.4. The maximum Gasteiger partial charge on any atom is 0.347 e. The number of carbonyl (C=O) groups is 2. The first kappa shape index (κ1) is 26.9. The number of carboxylic acids is 1. The number of carbonyl (C=O) groups excluding carboxylic acids is 1. The molecule has 0 spiro atoms. The van der Waals surface area contributed by atoms with E-state index in [1.54, 1.807) is 18.2 Å². The Hall–Kier alpha value is -2.73. The normalized spacial score (nSPS) is 15.1. The number of nitrogens with zero attached hydrogens (tertiary/aromatic N) is 1. The van der Waals surface area contributed by atoms with Crippen LogP contribution in [0.15, 0.2) is 42.5 Å². The fraction of sp³-hybridized carbons (Fsp3) is 0.500. The van der Waals surface area contributed by atoms with Crippen molar-refractivity contribution in [2.24, 2.45) is 5.92 Å². The molecule has 1 aliphatic heterocycles. The molecule has 1 atom stereocenters. The minimum atomic E-state index is -1.41.